The molecule has 1 aromatic rings. The average Bonchev–Trinajstić information content (AvgIpc) is 2.84. The minimum atomic E-state index is -0.754. The molecule has 13 heavy (non-hydrogen) atoms. The first-order valence-electron chi connectivity index (χ1n) is 4.08. The highest BCUT2D eigenvalue weighted by Gasteiger charge is 2.43. The fraction of sp³-hybridized carbons (Fsp3) is 0.300. The van der Waals surface area contributed by atoms with Gasteiger partial charge in [0, 0.05) is 10.6 Å². The van der Waals surface area contributed by atoms with Gasteiger partial charge in [0.25, 0.3) is 0 Å². The topological polar surface area (TPSA) is 44.0 Å². The maximum absolute atomic E-state index is 9.81. The lowest BCUT2D eigenvalue weighted by molar-refractivity contribution is 0.151. The molecule has 0 unspecified atom stereocenters. The van der Waals surface area contributed by atoms with Crippen molar-refractivity contribution in [1.29, 1.82) is 5.26 Å². The summed E-state index contributed by atoms with van der Waals surface area (Å²) >= 11 is 5.73. The Morgan fingerprint density at radius 3 is 2.69 bits per heavy atom. The van der Waals surface area contributed by atoms with Crippen LogP contribution in [0.2, 0.25) is 5.02 Å². The molecule has 1 aromatic carbocycles. The fourth-order valence-corrected chi connectivity index (χ4v) is 1.57. The zero-order chi connectivity index (χ0) is 9.47. The summed E-state index contributed by atoms with van der Waals surface area (Å²) in [5, 5.41) is 19.2. The smallest absolute Gasteiger partial charge is 0.0996 e. The fourth-order valence-electron chi connectivity index (χ4n) is 1.40. The number of hydrogen-bond acceptors (Lipinski definition) is 2. The number of hydrogen-bond donors (Lipinski definition) is 1. The standard InChI is InChI=1S/C10H8ClNO/c11-8-1-2-9(7(5-8)6-12)10(13)3-4-10/h1-2,5,13H,3-4H2. The van der Waals surface area contributed by atoms with Crippen LogP contribution in [0.15, 0.2) is 18.2 Å². The maximum atomic E-state index is 9.81. The summed E-state index contributed by atoms with van der Waals surface area (Å²) in [5.74, 6) is 0. The molecule has 2 rings (SSSR count). The highest BCUT2D eigenvalue weighted by molar-refractivity contribution is 6.30. The van der Waals surface area contributed by atoms with Crippen molar-refractivity contribution < 1.29 is 5.11 Å². The Balaban J connectivity index is 2.52. The predicted molar refractivity (Wildman–Crippen MR) is 49.3 cm³/mol. The van der Waals surface area contributed by atoms with Gasteiger partial charge in [-0.1, -0.05) is 17.7 Å². The molecule has 1 N–H and O–H groups in total. The lowest BCUT2D eigenvalue weighted by Gasteiger charge is -2.09. The second kappa shape index (κ2) is 2.73. The van der Waals surface area contributed by atoms with Crippen LogP contribution in [0.4, 0.5) is 0 Å². The molecule has 1 aliphatic carbocycles. The van der Waals surface area contributed by atoms with E-state index in [1.165, 1.54) is 0 Å². The van der Waals surface area contributed by atoms with E-state index < -0.39 is 5.60 Å². The van der Waals surface area contributed by atoms with E-state index in [1.807, 2.05) is 6.07 Å². The van der Waals surface area contributed by atoms with Crippen molar-refractivity contribution in [3.63, 3.8) is 0 Å². The van der Waals surface area contributed by atoms with E-state index in [1.54, 1.807) is 18.2 Å². The van der Waals surface area contributed by atoms with Gasteiger partial charge >= 0.3 is 0 Å². The van der Waals surface area contributed by atoms with Gasteiger partial charge in [-0.25, -0.2) is 0 Å². The molecular weight excluding hydrogens is 186 g/mol. The summed E-state index contributed by atoms with van der Waals surface area (Å²) < 4.78 is 0. The molecule has 0 amide bonds. The summed E-state index contributed by atoms with van der Waals surface area (Å²) in [7, 11) is 0. The van der Waals surface area contributed by atoms with Crippen molar-refractivity contribution >= 4 is 11.6 Å². The van der Waals surface area contributed by atoms with Crippen LogP contribution in [0.3, 0.4) is 0 Å². The first-order valence-corrected chi connectivity index (χ1v) is 4.46. The average molecular weight is 194 g/mol. The van der Waals surface area contributed by atoms with E-state index in [4.69, 9.17) is 16.9 Å². The third kappa shape index (κ3) is 1.41. The second-order valence-electron chi connectivity index (χ2n) is 3.33. The van der Waals surface area contributed by atoms with Crippen LogP contribution in [0.5, 0.6) is 0 Å². The molecule has 1 fully saturated rings. The number of rotatable bonds is 1. The second-order valence-corrected chi connectivity index (χ2v) is 3.77. The molecule has 0 saturated heterocycles. The Morgan fingerprint density at radius 2 is 2.15 bits per heavy atom. The Labute approximate surface area is 81.4 Å². The number of halogens is 1. The first kappa shape index (κ1) is 8.55. The van der Waals surface area contributed by atoms with Crippen LogP contribution >= 0.6 is 11.6 Å². The molecule has 0 aliphatic heterocycles. The van der Waals surface area contributed by atoms with E-state index in [9.17, 15) is 5.11 Å². The minimum Gasteiger partial charge on any atom is -0.385 e. The SMILES string of the molecule is N#Cc1cc(Cl)ccc1C1(O)CC1. The molecular formula is C10H8ClNO. The van der Waals surface area contributed by atoms with E-state index >= 15 is 0 Å². The molecule has 0 aromatic heterocycles. The Morgan fingerprint density at radius 1 is 1.46 bits per heavy atom. The van der Waals surface area contributed by atoms with E-state index in [0.29, 0.717) is 16.1 Å². The van der Waals surface area contributed by atoms with Gasteiger partial charge in [0.1, 0.15) is 0 Å². The summed E-state index contributed by atoms with van der Waals surface area (Å²) in [6, 6.07) is 7.06. The van der Waals surface area contributed by atoms with Gasteiger partial charge in [-0.3, -0.25) is 0 Å². The predicted octanol–water partition coefficient (Wildman–Crippen LogP) is 2.19. The van der Waals surface area contributed by atoms with Gasteiger partial charge < -0.3 is 5.11 Å². The minimum absolute atomic E-state index is 0.479. The first-order chi connectivity index (χ1) is 6.15. The normalized spacial score (nSPS) is 17.9. The van der Waals surface area contributed by atoms with Crippen LogP contribution in [0, 0.1) is 11.3 Å². The summed E-state index contributed by atoms with van der Waals surface area (Å²) in [5.41, 5.74) is 0.433. The number of nitrogens with zero attached hydrogens (tertiary/aromatic N) is 1. The Hall–Kier alpha value is -1.04. The van der Waals surface area contributed by atoms with Crippen molar-refractivity contribution in [3.8, 4) is 6.07 Å². The molecule has 0 spiro atoms. The number of benzene rings is 1. The van der Waals surface area contributed by atoms with Crippen LogP contribution in [-0.4, -0.2) is 5.11 Å². The maximum Gasteiger partial charge on any atom is 0.0996 e. The summed E-state index contributed by atoms with van der Waals surface area (Å²) in [6.45, 7) is 0. The van der Waals surface area contributed by atoms with Crippen LogP contribution in [0.25, 0.3) is 0 Å². The number of aliphatic hydroxyl groups is 1. The molecule has 0 bridgehead atoms. The third-order valence-corrected chi connectivity index (χ3v) is 2.56. The van der Waals surface area contributed by atoms with Gasteiger partial charge in [0.2, 0.25) is 0 Å². The van der Waals surface area contributed by atoms with Gasteiger partial charge in [-0.2, -0.15) is 5.26 Å². The highest BCUT2D eigenvalue weighted by atomic mass is 35.5. The molecule has 1 aliphatic rings. The van der Waals surface area contributed by atoms with Crippen molar-refractivity contribution in [3.05, 3.63) is 34.3 Å². The van der Waals surface area contributed by atoms with E-state index in [0.717, 1.165) is 12.8 Å². The van der Waals surface area contributed by atoms with Crippen LogP contribution < -0.4 is 0 Å². The zero-order valence-corrected chi connectivity index (χ0v) is 7.67. The van der Waals surface area contributed by atoms with Crippen molar-refractivity contribution in [2.45, 2.75) is 18.4 Å². The molecule has 1 saturated carbocycles. The van der Waals surface area contributed by atoms with Crippen molar-refractivity contribution in [2.24, 2.45) is 0 Å². The highest BCUT2D eigenvalue weighted by Crippen LogP contribution is 2.46. The van der Waals surface area contributed by atoms with Crippen LogP contribution in [0.1, 0.15) is 24.0 Å². The van der Waals surface area contributed by atoms with Crippen molar-refractivity contribution in [1.82, 2.24) is 0 Å². The van der Waals surface area contributed by atoms with E-state index in [2.05, 4.69) is 0 Å². The zero-order valence-electron chi connectivity index (χ0n) is 6.92. The van der Waals surface area contributed by atoms with E-state index in [-0.39, 0.29) is 0 Å². The molecule has 0 radical (unpaired) electrons. The molecule has 3 heteroatoms. The molecule has 66 valence electrons. The van der Waals surface area contributed by atoms with Gasteiger partial charge in [0.15, 0.2) is 0 Å². The lowest BCUT2D eigenvalue weighted by atomic mass is 10.0. The number of nitriles is 1. The summed E-state index contributed by atoms with van der Waals surface area (Å²) in [4.78, 5) is 0. The third-order valence-electron chi connectivity index (χ3n) is 2.33. The monoisotopic (exact) mass is 193 g/mol. The Bertz CT molecular complexity index is 390. The van der Waals surface area contributed by atoms with Crippen LogP contribution in [-0.2, 0) is 5.60 Å². The molecule has 0 heterocycles. The quantitative estimate of drug-likeness (QED) is 0.743. The van der Waals surface area contributed by atoms with Gasteiger partial charge in [0.05, 0.1) is 17.2 Å². The molecule has 2 nitrogen and oxygen atoms in total. The molecule has 0 atom stereocenters. The Kier molecular flexibility index (Phi) is 1.80. The van der Waals surface area contributed by atoms with Gasteiger partial charge in [-0.15, -0.1) is 0 Å². The van der Waals surface area contributed by atoms with Gasteiger partial charge in [-0.05, 0) is 25.0 Å². The largest absolute Gasteiger partial charge is 0.385 e. The van der Waals surface area contributed by atoms with Crippen molar-refractivity contribution in [2.75, 3.05) is 0 Å². The summed E-state index contributed by atoms with van der Waals surface area (Å²) in [6.07, 6.45) is 1.48. The lowest BCUT2D eigenvalue weighted by Crippen LogP contribution is -2.06.